The molecule has 1 aliphatic rings. The van der Waals surface area contributed by atoms with Gasteiger partial charge in [0.25, 0.3) is 0 Å². The van der Waals surface area contributed by atoms with Gasteiger partial charge in [-0.1, -0.05) is 47.5 Å². The number of anilines is 2. The number of ketones is 1. The highest BCUT2D eigenvalue weighted by Gasteiger charge is 2.31. The van der Waals surface area contributed by atoms with E-state index in [-0.39, 0.29) is 11.9 Å². The van der Waals surface area contributed by atoms with Crippen molar-refractivity contribution in [2.75, 3.05) is 23.4 Å². The number of nitrogens with one attached hydrogen (secondary N) is 2. The minimum Gasteiger partial charge on any atom is -0.370 e. The normalized spacial score (nSPS) is 15.5. The number of Topliss-reactive ketones (excluding diaryl/α,β-unsaturated/α-hetero) is 1. The van der Waals surface area contributed by atoms with E-state index in [0.717, 1.165) is 36.6 Å². The third-order valence-corrected chi connectivity index (χ3v) is 5.53. The molecule has 1 atom stereocenters. The lowest BCUT2D eigenvalue weighted by Gasteiger charge is -2.24. The number of carbonyl (C=O) groups is 1. The van der Waals surface area contributed by atoms with E-state index in [0.29, 0.717) is 22.7 Å². The second kappa shape index (κ2) is 10.4. The summed E-state index contributed by atoms with van der Waals surface area (Å²) in [6, 6.07) is 20.9. The molecule has 0 fully saturated rings. The van der Waals surface area contributed by atoms with Gasteiger partial charge in [0.1, 0.15) is 17.7 Å². The average molecular weight is 448 g/mol. The van der Waals surface area contributed by atoms with Crippen molar-refractivity contribution in [1.29, 1.82) is 0 Å². The summed E-state index contributed by atoms with van der Waals surface area (Å²) in [7, 11) is 0. The van der Waals surface area contributed by atoms with E-state index in [1.165, 1.54) is 0 Å². The fourth-order valence-electron chi connectivity index (χ4n) is 3.55. The number of pyridine rings is 1. The van der Waals surface area contributed by atoms with Crippen LogP contribution >= 0.6 is 11.6 Å². The smallest absolute Gasteiger partial charge is 0.209 e. The average Bonchev–Trinajstić information content (AvgIpc) is 3.24. The highest BCUT2D eigenvalue weighted by atomic mass is 35.5. The topological polar surface area (TPSA) is 69.6 Å². The summed E-state index contributed by atoms with van der Waals surface area (Å²) in [6.07, 6.45) is 3.11. The van der Waals surface area contributed by atoms with Gasteiger partial charge in [0.05, 0.1) is 5.69 Å². The first-order chi connectivity index (χ1) is 15.6. The Morgan fingerprint density at radius 3 is 2.56 bits per heavy atom. The zero-order valence-electron chi connectivity index (χ0n) is 18.0. The number of nitrogens with zero attached hydrogens (tertiary/aromatic N) is 3. The molecule has 6 nitrogen and oxygen atoms in total. The van der Waals surface area contributed by atoms with E-state index in [2.05, 4.69) is 20.7 Å². The molecular formula is C25H26ClN5O. The van der Waals surface area contributed by atoms with Gasteiger partial charge in [-0.05, 0) is 56.3 Å². The van der Waals surface area contributed by atoms with Crippen LogP contribution in [0, 0.1) is 6.92 Å². The van der Waals surface area contributed by atoms with Crippen LogP contribution in [0.4, 0.5) is 11.5 Å². The molecule has 0 bridgehead atoms. The van der Waals surface area contributed by atoms with Crippen LogP contribution < -0.4 is 15.6 Å². The second-order valence-electron chi connectivity index (χ2n) is 7.73. The van der Waals surface area contributed by atoms with Crippen LogP contribution in [0.3, 0.4) is 0 Å². The number of hydrogen-bond acceptors (Lipinski definition) is 6. The zero-order valence-corrected chi connectivity index (χ0v) is 18.7. The molecule has 0 amide bonds. The van der Waals surface area contributed by atoms with Gasteiger partial charge in [-0.2, -0.15) is 5.10 Å². The third kappa shape index (κ3) is 5.52. The molecule has 3 aromatic rings. The molecule has 1 aliphatic heterocycles. The van der Waals surface area contributed by atoms with Crippen LogP contribution in [-0.2, 0) is 0 Å². The summed E-state index contributed by atoms with van der Waals surface area (Å²) in [5, 5.41) is 14.1. The van der Waals surface area contributed by atoms with Gasteiger partial charge in [-0.25, -0.2) is 9.99 Å². The summed E-state index contributed by atoms with van der Waals surface area (Å²) in [6.45, 7) is 3.58. The Kier molecular flexibility index (Phi) is 7.14. The summed E-state index contributed by atoms with van der Waals surface area (Å²) in [5.41, 5.74) is 3.22. The third-order valence-electron chi connectivity index (χ3n) is 5.28. The SMILES string of the molecule is Cc1ccc(C(=O)C2=NN(c3ccc(Cl)cc3)C(NCCCNc3ccccn3)C2)cc1. The lowest BCUT2D eigenvalue weighted by molar-refractivity contribution is 0.106. The van der Waals surface area contributed by atoms with Crippen LogP contribution in [0.15, 0.2) is 78.0 Å². The van der Waals surface area contributed by atoms with Crippen molar-refractivity contribution in [2.45, 2.75) is 25.9 Å². The highest BCUT2D eigenvalue weighted by Crippen LogP contribution is 2.26. The van der Waals surface area contributed by atoms with E-state index in [1.54, 1.807) is 6.20 Å². The summed E-state index contributed by atoms with van der Waals surface area (Å²) in [5.74, 6) is 0.829. The van der Waals surface area contributed by atoms with Crippen molar-refractivity contribution in [3.05, 3.63) is 89.1 Å². The number of aromatic nitrogens is 1. The van der Waals surface area contributed by atoms with Crippen LogP contribution in [0.25, 0.3) is 0 Å². The maximum Gasteiger partial charge on any atom is 0.209 e. The summed E-state index contributed by atoms with van der Waals surface area (Å²) in [4.78, 5) is 17.3. The predicted octanol–water partition coefficient (Wildman–Crippen LogP) is 4.91. The molecular weight excluding hydrogens is 422 g/mol. The minimum atomic E-state index is -0.101. The lowest BCUT2D eigenvalue weighted by atomic mass is 10.0. The van der Waals surface area contributed by atoms with Gasteiger partial charge in [-0.15, -0.1) is 0 Å². The van der Waals surface area contributed by atoms with Gasteiger partial charge in [0.15, 0.2) is 0 Å². The first kappa shape index (κ1) is 22.0. The van der Waals surface area contributed by atoms with E-state index in [9.17, 15) is 4.79 Å². The molecule has 0 spiro atoms. The van der Waals surface area contributed by atoms with E-state index in [4.69, 9.17) is 11.6 Å². The first-order valence-corrected chi connectivity index (χ1v) is 11.1. The number of rotatable bonds is 9. The monoisotopic (exact) mass is 447 g/mol. The maximum atomic E-state index is 13.0. The van der Waals surface area contributed by atoms with E-state index >= 15 is 0 Å². The minimum absolute atomic E-state index is 0.0370. The quantitative estimate of drug-likeness (QED) is 0.360. The molecule has 32 heavy (non-hydrogen) atoms. The Morgan fingerprint density at radius 2 is 1.84 bits per heavy atom. The molecule has 2 heterocycles. The van der Waals surface area contributed by atoms with Gasteiger partial charge in [-0.3, -0.25) is 10.1 Å². The number of aryl methyl sites for hydroxylation is 1. The Bertz CT molecular complexity index is 1070. The molecule has 7 heteroatoms. The van der Waals surface area contributed by atoms with E-state index < -0.39 is 0 Å². The van der Waals surface area contributed by atoms with Crippen molar-refractivity contribution in [3.8, 4) is 0 Å². The fraction of sp³-hybridized carbons (Fsp3) is 0.240. The Morgan fingerprint density at radius 1 is 1.06 bits per heavy atom. The molecule has 0 radical (unpaired) electrons. The fourth-order valence-corrected chi connectivity index (χ4v) is 3.68. The Hall–Kier alpha value is -3.22. The molecule has 4 rings (SSSR count). The number of hydrogen-bond donors (Lipinski definition) is 2. The van der Waals surface area contributed by atoms with Crippen molar-refractivity contribution < 1.29 is 4.79 Å². The van der Waals surface area contributed by atoms with Crippen LogP contribution in [0.1, 0.15) is 28.8 Å². The van der Waals surface area contributed by atoms with Gasteiger partial charge < -0.3 is 5.32 Å². The van der Waals surface area contributed by atoms with Crippen molar-refractivity contribution in [3.63, 3.8) is 0 Å². The molecule has 164 valence electrons. The van der Waals surface area contributed by atoms with Crippen LogP contribution in [0.5, 0.6) is 0 Å². The molecule has 1 aromatic heterocycles. The number of halogens is 1. The van der Waals surface area contributed by atoms with Crippen molar-refractivity contribution >= 4 is 34.6 Å². The van der Waals surface area contributed by atoms with Crippen LogP contribution in [0.2, 0.25) is 5.02 Å². The summed E-state index contributed by atoms with van der Waals surface area (Å²) >= 11 is 6.06. The largest absolute Gasteiger partial charge is 0.370 e. The molecule has 0 aliphatic carbocycles. The van der Waals surface area contributed by atoms with E-state index in [1.807, 2.05) is 78.7 Å². The number of hydrazone groups is 1. The van der Waals surface area contributed by atoms with Gasteiger partial charge >= 0.3 is 0 Å². The number of carbonyl (C=O) groups excluding carboxylic acids is 1. The van der Waals surface area contributed by atoms with Crippen molar-refractivity contribution in [1.82, 2.24) is 10.3 Å². The number of benzene rings is 2. The van der Waals surface area contributed by atoms with Crippen LogP contribution in [-0.4, -0.2) is 35.7 Å². The predicted molar refractivity (Wildman–Crippen MR) is 131 cm³/mol. The Labute approximate surface area is 193 Å². The Balaban J connectivity index is 1.41. The summed E-state index contributed by atoms with van der Waals surface area (Å²) < 4.78 is 0. The molecule has 0 saturated heterocycles. The zero-order chi connectivity index (χ0) is 22.3. The lowest BCUT2D eigenvalue weighted by Crippen LogP contribution is -2.41. The first-order valence-electron chi connectivity index (χ1n) is 10.7. The maximum absolute atomic E-state index is 13.0. The van der Waals surface area contributed by atoms with Crippen molar-refractivity contribution in [2.24, 2.45) is 5.10 Å². The molecule has 2 N–H and O–H groups in total. The molecule has 1 unspecified atom stereocenters. The molecule has 2 aromatic carbocycles. The van der Waals surface area contributed by atoms with Gasteiger partial charge in [0.2, 0.25) is 5.78 Å². The second-order valence-corrected chi connectivity index (χ2v) is 8.17. The molecule has 0 saturated carbocycles. The highest BCUT2D eigenvalue weighted by molar-refractivity contribution is 6.46. The van der Waals surface area contributed by atoms with Gasteiger partial charge in [0, 0.05) is 29.7 Å². The standard InChI is InChI=1S/C25H26ClN5O/c1-18-6-8-19(9-7-18)25(32)22-17-24(31(30-22)21-12-10-20(26)11-13-21)29-16-4-15-28-23-5-2-3-14-27-23/h2-3,5-14,24,29H,4,15-17H2,1H3,(H,27,28).